The molecule has 4 rings (SSSR count). The molecule has 2 heterocycles. The van der Waals surface area contributed by atoms with Crippen molar-refractivity contribution < 1.29 is 13.6 Å². The van der Waals surface area contributed by atoms with Gasteiger partial charge in [0.25, 0.3) is 5.91 Å². The molecule has 1 amide bonds. The van der Waals surface area contributed by atoms with Crippen molar-refractivity contribution in [1.29, 1.82) is 0 Å². The zero-order valence-corrected chi connectivity index (χ0v) is 15.4. The van der Waals surface area contributed by atoms with Crippen LogP contribution in [-0.4, -0.2) is 20.7 Å². The smallest absolute Gasteiger partial charge is 0.276 e. The summed E-state index contributed by atoms with van der Waals surface area (Å²) < 4.78 is 28.2. The largest absolute Gasteiger partial charge is 0.320 e. The van der Waals surface area contributed by atoms with Crippen LogP contribution in [0.5, 0.6) is 0 Å². The van der Waals surface area contributed by atoms with Gasteiger partial charge in [0, 0.05) is 23.6 Å². The molecule has 0 aliphatic heterocycles. The van der Waals surface area contributed by atoms with Crippen molar-refractivity contribution in [3.63, 3.8) is 0 Å². The van der Waals surface area contributed by atoms with Gasteiger partial charge in [0.2, 0.25) is 0 Å². The van der Waals surface area contributed by atoms with Gasteiger partial charge >= 0.3 is 0 Å². The molecule has 0 spiro atoms. The second-order valence-electron chi connectivity index (χ2n) is 6.46. The quantitative estimate of drug-likeness (QED) is 0.546. The summed E-state index contributed by atoms with van der Waals surface area (Å²) >= 11 is 0. The third-order valence-corrected chi connectivity index (χ3v) is 4.41. The average Bonchev–Trinajstić information content (AvgIpc) is 3.17. The number of benzene rings is 2. The second kappa shape index (κ2) is 7.63. The number of anilines is 1. The van der Waals surface area contributed by atoms with Crippen LogP contribution in [0.4, 0.5) is 14.5 Å². The fourth-order valence-corrected chi connectivity index (χ4v) is 2.94. The van der Waals surface area contributed by atoms with Crippen LogP contribution in [0, 0.1) is 18.6 Å². The summed E-state index contributed by atoms with van der Waals surface area (Å²) in [6.07, 6.45) is 3.30. The fraction of sp³-hybridized carbons (Fsp3) is 0.0455. The summed E-state index contributed by atoms with van der Waals surface area (Å²) in [4.78, 5) is 16.9. The van der Waals surface area contributed by atoms with Crippen LogP contribution in [0.15, 0.2) is 73.1 Å². The Balaban J connectivity index is 1.74. The van der Waals surface area contributed by atoms with Gasteiger partial charge in [0.05, 0.1) is 11.4 Å². The van der Waals surface area contributed by atoms with Crippen LogP contribution >= 0.6 is 0 Å². The monoisotopic (exact) mass is 390 g/mol. The van der Waals surface area contributed by atoms with E-state index >= 15 is 0 Å². The highest BCUT2D eigenvalue weighted by molar-refractivity contribution is 6.04. The van der Waals surface area contributed by atoms with E-state index in [1.165, 1.54) is 30.3 Å². The predicted molar refractivity (Wildman–Crippen MR) is 106 cm³/mol. The minimum absolute atomic E-state index is 0.164. The van der Waals surface area contributed by atoms with Gasteiger partial charge in [-0.3, -0.25) is 9.78 Å². The van der Waals surface area contributed by atoms with E-state index in [2.05, 4.69) is 15.4 Å². The lowest BCUT2D eigenvalue weighted by atomic mass is 10.1. The predicted octanol–water partition coefficient (Wildman–Crippen LogP) is 4.77. The minimum Gasteiger partial charge on any atom is -0.320 e. The molecule has 0 fully saturated rings. The number of nitrogens with one attached hydrogen (secondary N) is 1. The lowest BCUT2D eigenvalue weighted by molar-refractivity contribution is 0.102. The van der Waals surface area contributed by atoms with Gasteiger partial charge in [-0.05, 0) is 73.2 Å². The van der Waals surface area contributed by atoms with E-state index in [9.17, 15) is 13.6 Å². The molecule has 0 saturated heterocycles. The molecule has 0 unspecified atom stereocenters. The highest BCUT2D eigenvalue weighted by Gasteiger charge is 2.18. The number of aryl methyl sites for hydroxylation is 1. The van der Waals surface area contributed by atoms with E-state index < -0.39 is 5.91 Å². The van der Waals surface area contributed by atoms with E-state index in [0.29, 0.717) is 22.6 Å². The third kappa shape index (κ3) is 3.89. The van der Waals surface area contributed by atoms with Gasteiger partial charge in [-0.15, -0.1) is 0 Å². The van der Waals surface area contributed by atoms with Crippen LogP contribution in [0.25, 0.3) is 16.9 Å². The van der Waals surface area contributed by atoms with Crippen LogP contribution in [0.2, 0.25) is 0 Å². The van der Waals surface area contributed by atoms with Crippen molar-refractivity contribution >= 4 is 11.6 Å². The van der Waals surface area contributed by atoms with Crippen molar-refractivity contribution in [3.05, 3.63) is 95.9 Å². The highest BCUT2D eigenvalue weighted by Crippen LogP contribution is 2.24. The van der Waals surface area contributed by atoms with E-state index in [1.807, 2.05) is 6.07 Å². The first-order valence-corrected chi connectivity index (χ1v) is 8.85. The van der Waals surface area contributed by atoms with Gasteiger partial charge in [-0.25, -0.2) is 13.5 Å². The minimum atomic E-state index is -0.439. The first kappa shape index (κ1) is 18.5. The molecule has 2 aromatic heterocycles. The van der Waals surface area contributed by atoms with E-state index in [1.54, 1.807) is 48.3 Å². The summed E-state index contributed by atoms with van der Waals surface area (Å²) in [6, 6.07) is 15.2. The molecule has 2 aromatic carbocycles. The fourth-order valence-electron chi connectivity index (χ4n) is 2.94. The topological polar surface area (TPSA) is 59.8 Å². The van der Waals surface area contributed by atoms with Crippen LogP contribution in [-0.2, 0) is 0 Å². The number of nitrogens with zero attached hydrogens (tertiary/aromatic N) is 3. The molecule has 5 nitrogen and oxygen atoms in total. The molecule has 0 aliphatic carbocycles. The number of halogens is 2. The van der Waals surface area contributed by atoms with Crippen molar-refractivity contribution in [2.24, 2.45) is 0 Å². The maximum atomic E-state index is 13.3. The van der Waals surface area contributed by atoms with Crippen molar-refractivity contribution in [3.8, 4) is 16.9 Å². The molecule has 0 aliphatic rings. The Morgan fingerprint density at radius 3 is 2.45 bits per heavy atom. The molecule has 29 heavy (non-hydrogen) atoms. The Morgan fingerprint density at radius 1 is 1.00 bits per heavy atom. The highest BCUT2D eigenvalue weighted by atomic mass is 19.1. The number of amides is 1. The first-order valence-electron chi connectivity index (χ1n) is 8.85. The number of carbonyl (C=O) groups is 1. The van der Waals surface area contributed by atoms with Gasteiger partial charge in [-0.1, -0.05) is 0 Å². The first-order chi connectivity index (χ1) is 14.0. The number of aromatic nitrogens is 3. The molecule has 0 atom stereocenters. The van der Waals surface area contributed by atoms with Crippen LogP contribution < -0.4 is 5.32 Å². The Hall–Kier alpha value is -3.87. The standard InChI is InChI=1S/C22H16F2N4O/c1-14-11-17(24)6-9-19(14)26-22(29)20-12-21(15-3-2-10-25-13-15)28(27-20)18-7-4-16(23)5-8-18/h2-13H,1H3,(H,26,29). The maximum absolute atomic E-state index is 13.3. The second-order valence-corrected chi connectivity index (χ2v) is 6.46. The zero-order chi connectivity index (χ0) is 20.4. The summed E-state index contributed by atoms with van der Waals surface area (Å²) in [5, 5.41) is 7.16. The third-order valence-electron chi connectivity index (χ3n) is 4.41. The summed E-state index contributed by atoms with van der Waals surface area (Å²) in [5.74, 6) is -1.18. The maximum Gasteiger partial charge on any atom is 0.276 e. The van der Waals surface area contributed by atoms with Gasteiger partial charge in [-0.2, -0.15) is 5.10 Å². The number of hydrogen-bond donors (Lipinski definition) is 1. The van der Waals surface area contributed by atoms with Crippen molar-refractivity contribution in [2.45, 2.75) is 6.92 Å². The lowest BCUT2D eigenvalue weighted by Crippen LogP contribution is -2.14. The molecular formula is C22H16F2N4O. The zero-order valence-electron chi connectivity index (χ0n) is 15.4. The van der Waals surface area contributed by atoms with E-state index in [0.717, 1.165) is 5.56 Å². The van der Waals surface area contributed by atoms with Gasteiger partial charge < -0.3 is 5.32 Å². The molecule has 4 aromatic rings. The summed E-state index contributed by atoms with van der Waals surface area (Å²) in [6.45, 7) is 1.71. The molecule has 7 heteroatoms. The summed E-state index contributed by atoms with van der Waals surface area (Å²) in [5.41, 5.74) is 3.24. The Kier molecular flexibility index (Phi) is 4.87. The molecule has 1 N–H and O–H groups in total. The Morgan fingerprint density at radius 2 is 1.76 bits per heavy atom. The summed E-state index contributed by atoms with van der Waals surface area (Å²) in [7, 11) is 0. The SMILES string of the molecule is Cc1cc(F)ccc1NC(=O)c1cc(-c2cccnc2)n(-c2ccc(F)cc2)n1. The average molecular weight is 390 g/mol. The van der Waals surface area contributed by atoms with Crippen LogP contribution in [0.1, 0.15) is 16.1 Å². The molecular weight excluding hydrogens is 374 g/mol. The van der Waals surface area contributed by atoms with E-state index in [-0.39, 0.29) is 17.3 Å². The van der Waals surface area contributed by atoms with Crippen LogP contribution in [0.3, 0.4) is 0 Å². The number of hydrogen-bond acceptors (Lipinski definition) is 3. The number of pyridine rings is 1. The number of carbonyl (C=O) groups excluding carboxylic acids is 1. The van der Waals surface area contributed by atoms with Crippen molar-refractivity contribution in [2.75, 3.05) is 5.32 Å². The van der Waals surface area contributed by atoms with Gasteiger partial charge in [0.1, 0.15) is 11.6 Å². The molecule has 144 valence electrons. The Labute approximate surface area is 165 Å². The Bertz CT molecular complexity index is 1170. The molecule has 0 saturated carbocycles. The lowest BCUT2D eigenvalue weighted by Gasteiger charge is -2.07. The molecule has 0 radical (unpaired) electrons. The van der Waals surface area contributed by atoms with E-state index in [4.69, 9.17) is 0 Å². The normalized spacial score (nSPS) is 10.7. The van der Waals surface area contributed by atoms with Crippen molar-refractivity contribution in [1.82, 2.24) is 14.8 Å². The molecule has 0 bridgehead atoms. The number of rotatable bonds is 4. The van der Waals surface area contributed by atoms with Gasteiger partial charge in [0.15, 0.2) is 5.69 Å².